The lowest BCUT2D eigenvalue weighted by Gasteiger charge is -2.06. The fourth-order valence-corrected chi connectivity index (χ4v) is 1.74. The summed E-state index contributed by atoms with van der Waals surface area (Å²) in [6.07, 6.45) is 1.75. The zero-order chi connectivity index (χ0) is 10.6. The quantitative estimate of drug-likeness (QED) is 0.453. The number of aromatic carboxylic acids is 1. The predicted octanol–water partition coefficient (Wildman–Crippen LogP) is 2.25. The molecule has 0 aliphatic rings. The van der Waals surface area contributed by atoms with E-state index in [1.807, 2.05) is 0 Å². The number of hydrogen-bond donors (Lipinski definition) is 2. The van der Waals surface area contributed by atoms with Crippen LogP contribution in [0.4, 0.5) is 5.69 Å². The van der Waals surface area contributed by atoms with Crippen LogP contribution in [0.1, 0.15) is 10.4 Å². The molecule has 0 atom stereocenters. The summed E-state index contributed by atoms with van der Waals surface area (Å²) in [5.41, 5.74) is 6.17. The van der Waals surface area contributed by atoms with Crippen molar-refractivity contribution in [1.82, 2.24) is 0 Å². The second kappa shape index (κ2) is 4.72. The third kappa shape index (κ3) is 2.29. The summed E-state index contributed by atoms with van der Waals surface area (Å²) in [6, 6.07) is 4.98. The predicted molar refractivity (Wildman–Crippen MR) is 58.7 cm³/mol. The molecular weight excluding hydrogens is 198 g/mol. The Morgan fingerprint density at radius 3 is 2.93 bits per heavy atom. The van der Waals surface area contributed by atoms with Crippen molar-refractivity contribution in [1.29, 1.82) is 0 Å². The Hall–Kier alpha value is -1.42. The van der Waals surface area contributed by atoms with Gasteiger partial charge in [-0.1, -0.05) is 12.1 Å². The molecule has 0 aliphatic carbocycles. The molecule has 0 amide bonds. The highest BCUT2D eigenvalue weighted by molar-refractivity contribution is 7.99. The summed E-state index contributed by atoms with van der Waals surface area (Å²) in [5, 5.41) is 8.81. The topological polar surface area (TPSA) is 63.3 Å². The first kappa shape index (κ1) is 10.7. The van der Waals surface area contributed by atoms with Gasteiger partial charge in [-0.15, -0.1) is 18.3 Å². The molecule has 1 aromatic rings. The highest BCUT2D eigenvalue weighted by atomic mass is 32.2. The summed E-state index contributed by atoms with van der Waals surface area (Å²) in [5.74, 6) is -0.281. The fraction of sp³-hybridized carbons (Fsp3) is 0.100. The standard InChI is InChI=1S/C10H11NO2S/c1-2-6-14-8-5-3-4-7(9(8)11)10(12)13/h2-5H,1,6,11H2,(H,12,13). The van der Waals surface area contributed by atoms with Gasteiger partial charge in [-0.05, 0) is 12.1 Å². The lowest BCUT2D eigenvalue weighted by molar-refractivity contribution is 0.0698. The van der Waals surface area contributed by atoms with Crippen LogP contribution < -0.4 is 5.73 Å². The van der Waals surface area contributed by atoms with Gasteiger partial charge in [-0.25, -0.2) is 4.79 Å². The third-order valence-electron chi connectivity index (χ3n) is 1.65. The molecular formula is C10H11NO2S. The van der Waals surface area contributed by atoms with E-state index in [0.29, 0.717) is 11.4 Å². The number of hydrogen-bond acceptors (Lipinski definition) is 3. The first-order chi connectivity index (χ1) is 6.66. The van der Waals surface area contributed by atoms with E-state index in [1.54, 1.807) is 18.2 Å². The molecule has 14 heavy (non-hydrogen) atoms. The minimum Gasteiger partial charge on any atom is -0.478 e. The van der Waals surface area contributed by atoms with Crippen LogP contribution in [-0.4, -0.2) is 16.8 Å². The average Bonchev–Trinajstić information content (AvgIpc) is 2.16. The molecule has 1 aromatic carbocycles. The maximum absolute atomic E-state index is 10.7. The third-order valence-corrected chi connectivity index (χ3v) is 2.72. The molecule has 0 saturated carbocycles. The van der Waals surface area contributed by atoms with Crippen molar-refractivity contribution in [3.8, 4) is 0 Å². The van der Waals surface area contributed by atoms with Gasteiger partial charge in [0.1, 0.15) is 0 Å². The minimum absolute atomic E-state index is 0.152. The van der Waals surface area contributed by atoms with Gasteiger partial charge in [0, 0.05) is 10.6 Å². The van der Waals surface area contributed by atoms with Crippen LogP contribution >= 0.6 is 11.8 Å². The first-order valence-electron chi connectivity index (χ1n) is 4.02. The smallest absolute Gasteiger partial charge is 0.337 e. The monoisotopic (exact) mass is 209 g/mol. The van der Waals surface area contributed by atoms with Crippen LogP contribution in [0.2, 0.25) is 0 Å². The maximum atomic E-state index is 10.7. The number of benzene rings is 1. The molecule has 3 N–H and O–H groups in total. The van der Waals surface area contributed by atoms with Gasteiger partial charge in [-0.3, -0.25) is 0 Å². The largest absolute Gasteiger partial charge is 0.478 e. The number of nitrogen functional groups attached to an aromatic ring is 1. The van der Waals surface area contributed by atoms with Crippen LogP contribution in [0.3, 0.4) is 0 Å². The molecule has 1 rings (SSSR count). The van der Waals surface area contributed by atoms with Crippen LogP contribution in [0, 0.1) is 0 Å². The Bertz CT molecular complexity index is 363. The second-order valence-electron chi connectivity index (χ2n) is 2.62. The molecule has 0 heterocycles. The summed E-state index contributed by atoms with van der Waals surface area (Å²) in [4.78, 5) is 11.5. The van der Waals surface area contributed by atoms with Gasteiger partial charge in [0.25, 0.3) is 0 Å². The van der Waals surface area contributed by atoms with Crippen molar-refractivity contribution in [2.75, 3.05) is 11.5 Å². The molecule has 3 nitrogen and oxygen atoms in total. The SMILES string of the molecule is C=CCSc1cccc(C(=O)O)c1N. The molecule has 0 aliphatic heterocycles. The fourth-order valence-electron chi connectivity index (χ4n) is 1.01. The van der Waals surface area contributed by atoms with E-state index in [4.69, 9.17) is 10.8 Å². The number of carboxylic acids is 1. The molecule has 0 bridgehead atoms. The summed E-state index contributed by atoms with van der Waals surface area (Å²) in [7, 11) is 0. The molecule has 4 heteroatoms. The van der Waals surface area contributed by atoms with Crippen LogP contribution in [0.25, 0.3) is 0 Å². The average molecular weight is 209 g/mol. The Morgan fingerprint density at radius 1 is 1.64 bits per heavy atom. The van der Waals surface area contributed by atoms with Gasteiger partial charge in [0.15, 0.2) is 0 Å². The molecule has 74 valence electrons. The van der Waals surface area contributed by atoms with Crippen molar-refractivity contribution in [3.05, 3.63) is 36.4 Å². The minimum atomic E-state index is -0.997. The van der Waals surface area contributed by atoms with Gasteiger partial charge in [0.05, 0.1) is 11.3 Å². The highest BCUT2D eigenvalue weighted by Gasteiger charge is 2.10. The van der Waals surface area contributed by atoms with Crippen LogP contribution in [0.15, 0.2) is 35.7 Å². The molecule has 0 fully saturated rings. The number of rotatable bonds is 4. The van der Waals surface area contributed by atoms with E-state index in [9.17, 15) is 4.79 Å². The van der Waals surface area contributed by atoms with Crippen LogP contribution in [-0.2, 0) is 0 Å². The van der Waals surface area contributed by atoms with E-state index in [0.717, 1.165) is 4.90 Å². The van der Waals surface area contributed by atoms with E-state index in [2.05, 4.69) is 6.58 Å². The van der Waals surface area contributed by atoms with Crippen molar-refractivity contribution >= 4 is 23.4 Å². The summed E-state index contributed by atoms with van der Waals surface area (Å²) >= 11 is 1.47. The van der Waals surface area contributed by atoms with E-state index >= 15 is 0 Å². The lowest BCUT2D eigenvalue weighted by Crippen LogP contribution is -2.03. The Balaban J connectivity index is 3.01. The molecule has 0 radical (unpaired) electrons. The second-order valence-corrected chi connectivity index (χ2v) is 3.68. The Labute approximate surface area is 86.6 Å². The first-order valence-corrected chi connectivity index (χ1v) is 5.01. The molecule has 0 unspecified atom stereocenters. The Kier molecular flexibility index (Phi) is 3.59. The van der Waals surface area contributed by atoms with Gasteiger partial charge in [0.2, 0.25) is 0 Å². The van der Waals surface area contributed by atoms with Gasteiger partial charge in [-0.2, -0.15) is 0 Å². The van der Waals surface area contributed by atoms with Crippen molar-refractivity contribution in [2.24, 2.45) is 0 Å². The molecule has 0 aromatic heterocycles. The lowest BCUT2D eigenvalue weighted by atomic mass is 10.2. The summed E-state index contributed by atoms with van der Waals surface area (Å²) < 4.78 is 0. The van der Waals surface area contributed by atoms with Gasteiger partial charge >= 0.3 is 5.97 Å². The van der Waals surface area contributed by atoms with Crippen molar-refractivity contribution < 1.29 is 9.90 Å². The molecule has 0 spiro atoms. The summed E-state index contributed by atoms with van der Waals surface area (Å²) in [6.45, 7) is 3.58. The number of thioether (sulfide) groups is 1. The number of nitrogens with two attached hydrogens (primary N) is 1. The zero-order valence-electron chi connectivity index (χ0n) is 7.56. The van der Waals surface area contributed by atoms with Gasteiger partial charge < -0.3 is 10.8 Å². The van der Waals surface area contributed by atoms with E-state index < -0.39 is 5.97 Å². The highest BCUT2D eigenvalue weighted by Crippen LogP contribution is 2.27. The normalized spacial score (nSPS) is 9.71. The number of para-hydroxylation sites is 1. The van der Waals surface area contributed by atoms with Crippen molar-refractivity contribution in [2.45, 2.75) is 4.90 Å². The van der Waals surface area contributed by atoms with E-state index in [-0.39, 0.29) is 5.56 Å². The maximum Gasteiger partial charge on any atom is 0.337 e. The Morgan fingerprint density at radius 2 is 2.36 bits per heavy atom. The number of carbonyl (C=O) groups is 1. The van der Waals surface area contributed by atoms with Crippen LogP contribution in [0.5, 0.6) is 0 Å². The number of anilines is 1. The number of carboxylic acid groups (broad SMARTS) is 1. The van der Waals surface area contributed by atoms with E-state index in [1.165, 1.54) is 17.8 Å². The zero-order valence-corrected chi connectivity index (χ0v) is 8.38. The van der Waals surface area contributed by atoms with Crippen molar-refractivity contribution in [3.63, 3.8) is 0 Å². The molecule has 0 saturated heterocycles.